The fraction of sp³-hybridized carbons (Fsp3) is 0.227. The summed E-state index contributed by atoms with van der Waals surface area (Å²) in [5.74, 6) is -1.70. The number of carbonyl (C=O) groups excluding carboxylic acids is 3. The summed E-state index contributed by atoms with van der Waals surface area (Å²) < 4.78 is 10.6. The molecule has 2 aromatic rings. The first kappa shape index (κ1) is 23.1. The van der Waals surface area contributed by atoms with E-state index in [-0.39, 0.29) is 36.1 Å². The van der Waals surface area contributed by atoms with Crippen molar-refractivity contribution in [2.75, 3.05) is 12.4 Å². The number of rotatable bonds is 8. The number of aliphatic hydroxyl groups is 1. The van der Waals surface area contributed by atoms with Crippen LogP contribution in [-0.4, -0.2) is 56.5 Å². The number of ether oxygens (including phenoxy) is 2. The van der Waals surface area contributed by atoms with E-state index in [0.717, 1.165) is 4.90 Å². The molecule has 2 unspecified atom stereocenters. The molecule has 34 heavy (non-hydrogen) atoms. The van der Waals surface area contributed by atoms with Gasteiger partial charge in [0.25, 0.3) is 17.5 Å². The fourth-order valence-corrected chi connectivity index (χ4v) is 4.61. The number of benzene rings is 2. The molecule has 1 saturated heterocycles. The maximum absolute atomic E-state index is 12.7. The van der Waals surface area contributed by atoms with Crippen molar-refractivity contribution < 1.29 is 33.9 Å². The van der Waals surface area contributed by atoms with Gasteiger partial charge in [-0.3, -0.25) is 24.6 Å². The Bertz CT molecular complexity index is 1150. The van der Waals surface area contributed by atoms with Crippen LogP contribution in [0.5, 0.6) is 5.75 Å². The first-order valence-electron chi connectivity index (χ1n) is 10.1. The van der Waals surface area contributed by atoms with E-state index in [1.54, 1.807) is 24.3 Å². The lowest BCUT2D eigenvalue weighted by molar-refractivity contribution is -0.384. The Labute approximate surface area is 197 Å². The number of aliphatic hydroxyl groups excluding tert-OH is 1. The van der Waals surface area contributed by atoms with E-state index in [2.05, 4.69) is 5.32 Å². The maximum Gasteiger partial charge on any atom is 0.358 e. The third-order valence-electron chi connectivity index (χ3n) is 5.09. The number of hydrogen-bond donors (Lipinski definition) is 2. The Morgan fingerprint density at radius 3 is 2.56 bits per heavy atom. The largest absolute Gasteiger partial charge is 0.509 e. The van der Waals surface area contributed by atoms with Gasteiger partial charge in [-0.2, -0.15) is 0 Å². The second kappa shape index (κ2) is 9.83. The third-order valence-corrected chi connectivity index (χ3v) is 6.35. The van der Waals surface area contributed by atoms with Crippen molar-refractivity contribution in [3.05, 3.63) is 81.7 Å². The molecule has 0 aliphatic carbocycles. The number of nitrogens with zero attached hydrogens (tertiary/aromatic N) is 2. The van der Waals surface area contributed by atoms with E-state index < -0.39 is 34.1 Å². The number of para-hydroxylation sites is 1. The van der Waals surface area contributed by atoms with Crippen LogP contribution in [0.1, 0.15) is 5.56 Å². The fourth-order valence-electron chi connectivity index (χ4n) is 3.41. The Balaban J connectivity index is 1.34. The summed E-state index contributed by atoms with van der Waals surface area (Å²) in [6.45, 7) is -0.485. The number of nitro groups is 1. The predicted molar refractivity (Wildman–Crippen MR) is 120 cm³/mol. The number of nitro benzene ring substituents is 1. The van der Waals surface area contributed by atoms with Gasteiger partial charge in [-0.25, -0.2) is 4.79 Å². The van der Waals surface area contributed by atoms with Crippen LogP contribution in [0.25, 0.3) is 0 Å². The van der Waals surface area contributed by atoms with Crippen LogP contribution < -0.4 is 10.1 Å². The molecule has 2 aliphatic rings. The number of esters is 1. The molecule has 1 fully saturated rings. The zero-order valence-corrected chi connectivity index (χ0v) is 18.4. The van der Waals surface area contributed by atoms with Gasteiger partial charge in [0.15, 0.2) is 12.3 Å². The quantitative estimate of drug-likeness (QED) is 0.247. The van der Waals surface area contributed by atoms with Gasteiger partial charge >= 0.3 is 5.97 Å². The minimum absolute atomic E-state index is 0.0588. The standard InChI is InChI=1S/C22H19N3O8S/c26-16-12-34-21-18(23-17(27)11-32-15-4-2-1-3-5-15)20(28)24(21)19(16)22(29)33-10-13-6-8-14(9-7-13)25(30)31/h1-9,18,21,26H,10-12H2,(H,23,27). The van der Waals surface area contributed by atoms with Crippen LogP contribution in [0.2, 0.25) is 0 Å². The minimum Gasteiger partial charge on any atom is -0.509 e. The number of nitrogens with one attached hydrogen (secondary N) is 1. The topological polar surface area (TPSA) is 148 Å². The van der Waals surface area contributed by atoms with Gasteiger partial charge in [0.1, 0.15) is 29.5 Å². The lowest BCUT2D eigenvalue weighted by Gasteiger charge is -2.48. The third kappa shape index (κ3) is 4.81. The van der Waals surface area contributed by atoms with Gasteiger partial charge in [-0.05, 0) is 29.8 Å². The summed E-state index contributed by atoms with van der Waals surface area (Å²) in [4.78, 5) is 48.8. The molecule has 2 aliphatic heterocycles. The molecule has 0 radical (unpaired) electrons. The second-order valence-electron chi connectivity index (χ2n) is 7.35. The summed E-state index contributed by atoms with van der Waals surface area (Å²) in [6, 6.07) is 13.3. The summed E-state index contributed by atoms with van der Waals surface area (Å²) in [6.07, 6.45) is 0. The highest BCUT2D eigenvalue weighted by Gasteiger charge is 2.54. The molecule has 4 rings (SSSR count). The van der Waals surface area contributed by atoms with E-state index in [1.165, 1.54) is 36.0 Å². The van der Waals surface area contributed by atoms with Crippen LogP contribution >= 0.6 is 11.8 Å². The first-order valence-corrected chi connectivity index (χ1v) is 11.1. The van der Waals surface area contributed by atoms with E-state index in [0.29, 0.717) is 11.3 Å². The second-order valence-corrected chi connectivity index (χ2v) is 8.46. The van der Waals surface area contributed by atoms with E-state index in [1.807, 2.05) is 6.07 Å². The molecule has 0 bridgehead atoms. The molecule has 0 spiro atoms. The minimum atomic E-state index is -0.910. The molecule has 2 amide bonds. The average molecular weight is 485 g/mol. The highest BCUT2D eigenvalue weighted by atomic mass is 32.2. The van der Waals surface area contributed by atoms with Gasteiger partial charge in [-0.1, -0.05) is 18.2 Å². The molecule has 12 heteroatoms. The van der Waals surface area contributed by atoms with Crippen LogP contribution in [0.4, 0.5) is 5.69 Å². The Morgan fingerprint density at radius 1 is 1.18 bits per heavy atom. The Kier molecular flexibility index (Phi) is 6.68. The maximum atomic E-state index is 12.7. The number of hydrogen-bond acceptors (Lipinski definition) is 9. The lowest BCUT2D eigenvalue weighted by atomic mass is 10.0. The van der Waals surface area contributed by atoms with Crippen molar-refractivity contribution in [1.82, 2.24) is 10.2 Å². The number of thioether (sulfide) groups is 1. The zero-order chi connectivity index (χ0) is 24.2. The van der Waals surface area contributed by atoms with Crippen LogP contribution in [-0.2, 0) is 25.7 Å². The van der Waals surface area contributed by atoms with Crippen molar-refractivity contribution in [1.29, 1.82) is 0 Å². The van der Waals surface area contributed by atoms with Gasteiger partial charge in [0.05, 0.1) is 10.7 Å². The molecule has 0 saturated carbocycles. The van der Waals surface area contributed by atoms with E-state index in [9.17, 15) is 29.6 Å². The van der Waals surface area contributed by atoms with Crippen molar-refractivity contribution in [3.63, 3.8) is 0 Å². The van der Waals surface area contributed by atoms with Crippen molar-refractivity contribution >= 4 is 35.2 Å². The summed E-state index contributed by atoms with van der Waals surface area (Å²) in [7, 11) is 0. The number of non-ortho nitro benzene ring substituents is 1. The van der Waals surface area contributed by atoms with E-state index in [4.69, 9.17) is 9.47 Å². The van der Waals surface area contributed by atoms with Crippen LogP contribution in [0.3, 0.4) is 0 Å². The number of fused-ring (bicyclic) bond motifs is 1. The van der Waals surface area contributed by atoms with Crippen molar-refractivity contribution in [3.8, 4) is 5.75 Å². The first-order chi connectivity index (χ1) is 16.3. The van der Waals surface area contributed by atoms with Crippen molar-refractivity contribution in [2.24, 2.45) is 0 Å². The van der Waals surface area contributed by atoms with Gasteiger partial charge < -0.3 is 19.9 Å². The van der Waals surface area contributed by atoms with Crippen LogP contribution in [0, 0.1) is 10.1 Å². The van der Waals surface area contributed by atoms with Gasteiger partial charge in [0.2, 0.25) is 0 Å². The monoisotopic (exact) mass is 485 g/mol. The molecule has 2 aromatic carbocycles. The molecule has 0 aromatic heterocycles. The Hall–Kier alpha value is -4.06. The average Bonchev–Trinajstić information content (AvgIpc) is 2.85. The molecular formula is C22H19N3O8S. The van der Waals surface area contributed by atoms with Gasteiger partial charge in [-0.15, -0.1) is 11.8 Å². The van der Waals surface area contributed by atoms with E-state index >= 15 is 0 Å². The summed E-state index contributed by atoms with van der Waals surface area (Å²) >= 11 is 1.20. The highest BCUT2D eigenvalue weighted by molar-refractivity contribution is 8.00. The Morgan fingerprint density at radius 2 is 1.88 bits per heavy atom. The molecule has 2 heterocycles. The van der Waals surface area contributed by atoms with Gasteiger partial charge in [0, 0.05) is 12.1 Å². The SMILES string of the molecule is O=C(COc1ccccc1)NC1C(=O)N2C(C(=O)OCc3ccc([N+](=O)[O-])cc3)=C(O)CSC12. The smallest absolute Gasteiger partial charge is 0.358 e. The lowest BCUT2D eigenvalue weighted by Crippen LogP contribution is -2.70. The highest BCUT2D eigenvalue weighted by Crippen LogP contribution is 2.40. The predicted octanol–water partition coefficient (Wildman–Crippen LogP) is 1.89. The molecule has 2 atom stereocenters. The molecular weight excluding hydrogens is 466 g/mol. The summed E-state index contributed by atoms with van der Waals surface area (Å²) in [5.41, 5.74) is 0.122. The number of carbonyl (C=O) groups is 3. The summed E-state index contributed by atoms with van der Waals surface area (Å²) in [5, 5.41) is 23.0. The number of amides is 2. The number of β-lactam (4-membered cyclic amide) rings is 1. The normalized spacial score (nSPS) is 19.1. The molecule has 176 valence electrons. The molecule has 2 N–H and O–H groups in total. The van der Waals surface area contributed by atoms with Crippen LogP contribution in [0.15, 0.2) is 66.1 Å². The molecule has 11 nitrogen and oxygen atoms in total. The van der Waals surface area contributed by atoms with Crippen molar-refractivity contribution in [2.45, 2.75) is 18.0 Å². The zero-order valence-electron chi connectivity index (χ0n) is 17.6.